The first kappa shape index (κ1) is 18.8. The zero-order valence-corrected chi connectivity index (χ0v) is 16.3. The molecule has 0 spiro atoms. The van der Waals surface area contributed by atoms with E-state index in [2.05, 4.69) is 0 Å². The highest BCUT2D eigenvalue weighted by atomic mass is 35.5. The van der Waals surface area contributed by atoms with Crippen LogP contribution in [0.1, 0.15) is 25.7 Å². The molecule has 2 amide bonds. The van der Waals surface area contributed by atoms with Crippen molar-refractivity contribution < 1.29 is 14.3 Å². The third kappa shape index (κ3) is 3.99. The van der Waals surface area contributed by atoms with Crippen LogP contribution in [-0.2, 0) is 9.59 Å². The molecule has 4 rings (SSSR count). The van der Waals surface area contributed by atoms with Gasteiger partial charge in [0.1, 0.15) is 17.9 Å². The van der Waals surface area contributed by atoms with Crippen molar-refractivity contribution in [1.82, 2.24) is 4.90 Å². The third-order valence-electron chi connectivity index (χ3n) is 5.38. The third-order valence-corrected chi connectivity index (χ3v) is 5.62. The van der Waals surface area contributed by atoms with Crippen molar-refractivity contribution in [3.05, 3.63) is 59.6 Å². The molecule has 2 aliphatic rings. The molecule has 28 heavy (non-hydrogen) atoms. The molecule has 6 heteroatoms. The molecule has 146 valence electrons. The number of hydrogen-bond acceptors (Lipinski definition) is 3. The van der Waals surface area contributed by atoms with E-state index in [4.69, 9.17) is 16.3 Å². The standard InChI is InChI=1S/C22H23ClN2O3/c23-16-5-4-8-19(15-16)28-18-11-13-24(14-12-18)22(27)20-9-10-21(26)25(20)17-6-2-1-3-7-17/h1-8,15,18,20H,9-14H2. The van der Waals surface area contributed by atoms with Gasteiger partial charge in [0.05, 0.1) is 0 Å². The van der Waals surface area contributed by atoms with Gasteiger partial charge < -0.3 is 9.64 Å². The van der Waals surface area contributed by atoms with E-state index in [-0.39, 0.29) is 17.9 Å². The van der Waals surface area contributed by atoms with E-state index in [1.165, 1.54) is 0 Å². The van der Waals surface area contributed by atoms with E-state index in [1.807, 2.05) is 53.4 Å². The number of ether oxygens (including phenoxy) is 1. The first-order valence-corrected chi connectivity index (χ1v) is 10.1. The number of carbonyl (C=O) groups excluding carboxylic acids is 2. The van der Waals surface area contributed by atoms with Gasteiger partial charge in [0.2, 0.25) is 11.8 Å². The number of carbonyl (C=O) groups is 2. The number of hydrogen-bond donors (Lipinski definition) is 0. The fraction of sp³-hybridized carbons (Fsp3) is 0.364. The van der Waals surface area contributed by atoms with Crippen molar-refractivity contribution in [3.63, 3.8) is 0 Å². The highest BCUT2D eigenvalue weighted by Gasteiger charge is 2.40. The van der Waals surface area contributed by atoms with E-state index >= 15 is 0 Å². The summed E-state index contributed by atoms with van der Waals surface area (Å²) in [5.74, 6) is 0.813. The number of benzene rings is 2. The van der Waals surface area contributed by atoms with Crippen LogP contribution in [0.5, 0.6) is 5.75 Å². The number of halogens is 1. The van der Waals surface area contributed by atoms with Gasteiger partial charge in [-0.25, -0.2) is 0 Å². The monoisotopic (exact) mass is 398 g/mol. The van der Waals surface area contributed by atoms with Gasteiger partial charge >= 0.3 is 0 Å². The summed E-state index contributed by atoms with van der Waals surface area (Å²) < 4.78 is 6.01. The molecule has 0 radical (unpaired) electrons. The van der Waals surface area contributed by atoms with Crippen molar-refractivity contribution >= 4 is 29.1 Å². The van der Waals surface area contributed by atoms with Crippen LogP contribution in [-0.4, -0.2) is 41.9 Å². The van der Waals surface area contributed by atoms with E-state index in [1.54, 1.807) is 11.0 Å². The SMILES string of the molecule is O=C(C1CCC(=O)N1c1ccccc1)N1CCC(Oc2cccc(Cl)c2)CC1. The Labute approximate surface area is 169 Å². The Kier molecular flexibility index (Phi) is 5.53. The van der Waals surface area contributed by atoms with Crippen molar-refractivity contribution in [3.8, 4) is 5.75 Å². The number of anilines is 1. The second kappa shape index (κ2) is 8.23. The molecule has 2 saturated heterocycles. The summed E-state index contributed by atoms with van der Waals surface area (Å²) in [5.41, 5.74) is 0.794. The van der Waals surface area contributed by atoms with Gasteiger partial charge in [-0.15, -0.1) is 0 Å². The quantitative estimate of drug-likeness (QED) is 0.784. The molecule has 5 nitrogen and oxygen atoms in total. The molecule has 2 fully saturated rings. The van der Waals surface area contributed by atoms with Gasteiger partial charge in [-0.2, -0.15) is 0 Å². The van der Waals surface area contributed by atoms with Crippen LogP contribution in [0.2, 0.25) is 5.02 Å². The van der Waals surface area contributed by atoms with E-state index in [9.17, 15) is 9.59 Å². The molecular formula is C22H23ClN2O3. The summed E-state index contributed by atoms with van der Waals surface area (Å²) in [6.07, 6.45) is 2.59. The van der Waals surface area contributed by atoms with Crippen LogP contribution in [0, 0.1) is 0 Å². The molecule has 0 bridgehead atoms. The Hall–Kier alpha value is -2.53. The Morgan fingerprint density at radius 2 is 1.75 bits per heavy atom. The number of nitrogens with zero attached hydrogens (tertiary/aromatic N) is 2. The average molecular weight is 399 g/mol. The summed E-state index contributed by atoms with van der Waals surface area (Å²) in [5, 5.41) is 0.650. The maximum Gasteiger partial charge on any atom is 0.245 e. The first-order chi connectivity index (χ1) is 13.6. The number of rotatable bonds is 4. The predicted octanol–water partition coefficient (Wildman–Crippen LogP) is 3.91. The van der Waals surface area contributed by atoms with E-state index in [0.717, 1.165) is 24.3 Å². The lowest BCUT2D eigenvalue weighted by molar-refractivity contribution is -0.134. The highest BCUT2D eigenvalue weighted by Crippen LogP contribution is 2.29. The lowest BCUT2D eigenvalue weighted by Gasteiger charge is -2.35. The summed E-state index contributed by atoms with van der Waals surface area (Å²) >= 11 is 6.01. The van der Waals surface area contributed by atoms with Crippen LogP contribution in [0.15, 0.2) is 54.6 Å². The molecular weight excluding hydrogens is 376 g/mol. The Bertz CT molecular complexity index is 850. The van der Waals surface area contributed by atoms with Crippen LogP contribution in [0.25, 0.3) is 0 Å². The van der Waals surface area contributed by atoms with Crippen LogP contribution in [0.3, 0.4) is 0 Å². The van der Waals surface area contributed by atoms with Gasteiger partial charge in [-0.05, 0) is 36.8 Å². The van der Waals surface area contributed by atoms with Gasteiger partial charge in [0, 0.05) is 43.1 Å². The maximum absolute atomic E-state index is 13.1. The maximum atomic E-state index is 13.1. The molecule has 2 aromatic rings. The lowest BCUT2D eigenvalue weighted by Crippen LogP contribution is -2.50. The summed E-state index contributed by atoms with van der Waals surface area (Å²) in [6, 6.07) is 16.4. The molecule has 0 aromatic heterocycles. The van der Waals surface area contributed by atoms with E-state index in [0.29, 0.717) is 31.0 Å². The predicted molar refractivity (Wildman–Crippen MR) is 109 cm³/mol. The summed E-state index contributed by atoms with van der Waals surface area (Å²) in [7, 11) is 0. The molecule has 2 aliphatic heterocycles. The van der Waals surface area contributed by atoms with Crippen molar-refractivity contribution in [2.75, 3.05) is 18.0 Å². The molecule has 0 saturated carbocycles. The minimum atomic E-state index is -0.403. The second-order valence-corrected chi connectivity index (χ2v) is 7.69. The summed E-state index contributed by atoms with van der Waals surface area (Å²) in [6.45, 7) is 1.27. The van der Waals surface area contributed by atoms with Gasteiger partial charge in [-0.1, -0.05) is 35.9 Å². The average Bonchev–Trinajstić information content (AvgIpc) is 3.10. The number of amides is 2. The topological polar surface area (TPSA) is 49.9 Å². The molecule has 1 unspecified atom stereocenters. The fourth-order valence-electron chi connectivity index (χ4n) is 3.97. The first-order valence-electron chi connectivity index (χ1n) is 9.70. The number of para-hydroxylation sites is 1. The molecule has 2 aromatic carbocycles. The Balaban J connectivity index is 1.37. The van der Waals surface area contributed by atoms with E-state index < -0.39 is 6.04 Å². The minimum Gasteiger partial charge on any atom is -0.490 e. The lowest BCUT2D eigenvalue weighted by atomic mass is 10.1. The smallest absolute Gasteiger partial charge is 0.245 e. The Morgan fingerprint density at radius 3 is 2.46 bits per heavy atom. The second-order valence-electron chi connectivity index (χ2n) is 7.25. The zero-order valence-electron chi connectivity index (χ0n) is 15.6. The van der Waals surface area contributed by atoms with Crippen LogP contribution < -0.4 is 9.64 Å². The van der Waals surface area contributed by atoms with Crippen LogP contribution in [0.4, 0.5) is 5.69 Å². The molecule has 0 N–H and O–H groups in total. The van der Waals surface area contributed by atoms with Gasteiger partial charge in [0.25, 0.3) is 0 Å². The number of piperidine rings is 1. The van der Waals surface area contributed by atoms with Crippen LogP contribution >= 0.6 is 11.6 Å². The Morgan fingerprint density at radius 1 is 1.00 bits per heavy atom. The van der Waals surface area contributed by atoms with Gasteiger partial charge in [-0.3, -0.25) is 14.5 Å². The zero-order chi connectivity index (χ0) is 19.5. The molecule has 2 heterocycles. The van der Waals surface area contributed by atoms with Gasteiger partial charge in [0.15, 0.2) is 0 Å². The molecule has 0 aliphatic carbocycles. The normalized spacial score (nSPS) is 20.5. The van der Waals surface area contributed by atoms with Crippen molar-refractivity contribution in [2.24, 2.45) is 0 Å². The minimum absolute atomic E-state index is 0.0173. The summed E-state index contributed by atoms with van der Waals surface area (Å²) in [4.78, 5) is 29.0. The van der Waals surface area contributed by atoms with Crippen molar-refractivity contribution in [2.45, 2.75) is 37.8 Å². The largest absolute Gasteiger partial charge is 0.490 e. The molecule has 1 atom stereocenters. The fourth-order valence-corrected chi connectivity index (χ4v) is 4.15. The number of likely N-dealkylation sites (tertiary alicyclic amines) is 1. The van der Waals surface area contributed by atoms with Crippen molar-refractivity contribution in [1.29, 1.82) is 0 Å². The highest BCUT2D eigenvalue weighted by molar-refractivity contribution is 6.30.